The van der Waals surface area contributed by atoms with Crippen LogP contribution in [-0.4, -0.2) is 26.2 Å². The first-order chi connectivity index (χ1) is 10.7. The van der Waals surface area contributed by atoms with E-state index in [1.807, 2.05) is 18.2 Å². The summed E-state index contributed by atoms with van der Waals surface area (Å²) in [6.45, 7) is 0.214. The molecular weight excluding hydrogens is 282 g/mol. The highest BCUT2D eigenvalue weighted by Gasteiger charge is 2.03. The van der Waals surface area contributed by atoms with E-state index in [0.29, 0.717) is 17.1 Å². The molecule has 0 radical (unpaired) electrons. The largest absolute Gasteiger partial charge is 0.497 e. The van der Waals surface area contributed by atoms with Crippen LogP contribution in [0.3, 0.4) is 0 Å². The van der Waals surface area contributed by atoms with Crippen LogP contribution in [0.1, 0.15) is 15.9 Å². The quantitative estimate of drug-likeness (QED) is 0.448. The molecule has 0 aliphatic carbocycles. The van der Waals surface area contributed by atoms with Gasteiger partial charge in [0.25, 0.3) is 0 Å². The Hall–Kier alpha value is -2.82. The number of oxime groups is 1. The molecular formula is C17H17NO4. The minimum absolute atomic E-state index is 0.205. The summed E-state index contributed by atoms with van der Waals surface area (Å²) in [6.07, 6.45) is 1.16. The summed E-state index contributed by atoms with van der Waals surface area (Å²) in [5.41, 5.74) is 1.40. The van der Waals surface area contributed by atoms with Crippen molar-refractivity contribution in [2.45, 2.75) is 6.61 Å². The number of hydrogen-bond acceptors (Lipinski definition) is 5. The van der Waals surface area contributed by atoms with Gasteiger partial charge in [0.15, 0.2) is 0 Å². The van der Waals surface area contributed by atoms with Gasteiger partial charge in [-0.1, -0.05) is 35.5 Å². The maximum Gasteiger partial charge on any atom is 0.207 e. The van der Waals surface area contributed by atoms with Gasteiger partial charge >= 0.3 is 0 Å². The van der Waals surface area contributed by atoms with Gasteiger partial charge in [0.05, 0.1) is 14.2 Å². The number of ether oxygens (including phenoxy) is 2. The monoisotopic (exact) mass is 299 g/mol. The molecule has 114 valence electrons. The molecule has 5 heteroatoms. The van der Waals surface area contributed by atoms with Crippen molar-refractivity contribution in [1.29, 1.82) is 0 Å². The van der Waals surface area contributed by atoms with E-state index >= 15 is 0 Å². The molecule has 0 saturated heterocycles. The molecule has 0 atom stereocenters. The molecule has 0 aliphatic heterocycles. The Morgan fingerprint density at radius 1 is 1.05 bits per heavy atom. The lowest BCUT2D eigenvalue weighted by Gasteiger charge is -2.07. The van der Waals surface area contributed by atoms with E-state index < -0.39 is 0 Å². The number of Topliss-reactive ketones (excluding diaryl/α,β-unsaturated/α-hetero) is 1. The highest BCUT2D eigenvalue weighted by atomic mass is 16.6. The van der Waals surface area contributed by atoms with Crippen molar-refractivity contribution >= 4 is 12.0 Å². The van der Waals surface area contributed by atoms with E-state index in [2.05, 4.69) is 5.16 Å². The average molecular weight is 299 g/mol. The summed E-state index contributed by atoms with van der Waals surface area (Å²) in [4.78, 5) is 16.9. The van der Waals surface area contributed by atoms with Crippen molar-refractivity contribution in [3.8, 4) is 11.5 Å². The topological polar surface area (TPSA) is 57.1 Å². The Morgan fingerprint density at radius 2 is 1.68 bits per heavy atom. The molecule has 2 aromatic carbocycles. The molecule has 5 nitrogen and oxygen atoms in total. The smallest absolute Gasteiger partial charge is 0.207 e. The normalized spacial score (nSPS) is 10.5. The van der Waals surface area contributed by atoms with Gasteiger partial charge in [-0.3, -0.25) is 4.79 Å². The number of carbonyl (C=O) groups is 1. The van der Waals surface area contributed by atoms with E-state index in [9.17, 15) is 4.79 Å². The predicted molar refractivity (Wildman–Crippen MR) is 83.6 cm³/mol. The van der Waals surface area contributed by atoms with Crippen LogP contribution < -0.4 is 9.47 Å². The van der Waals surface area contributed by atoms with Gasteiger partial charge in [-0.05, 0) is 17.7 Å². The van der Waals surface area contributed by atoms with Crippen LogP contribution in [0, 0.1) is 0 Å². The van der Waals surface area contributed by atoms with Gasteiger partial charge in [-0.25, -0.2) is 0 Å². The number of methoxy groups -OCH3 is 2. The van der Waals surface area contributed by atoms with Crippen LogP contribution >= 0.6 is 0 Å². The number of carbonyl (C=O) groups excluding carboxylic acids is 1. The minimum Gasteiger partial charge on any atom is -0.497 e. The zero-order chi connectivity index (χ0) is 15.8. The predicted octanol–water partition coefficient (Wildman–Crippen LogP) is 3.09. The zero-order valence-corrected chi connectivity index (χ0v) is 12.5. The summed E-state index contributed by atoms with van der Waals surface area (Å²) in [5, 5.41) is 3.70. The van der Waals surface area contributed by atoms with E-state index in [0.717, 1.165) is 11.8 Å². The second kappa shape index (κ2) is 7.83. The molecule has 0 spiro atoms. The Morgan fingerprint density at radius 3 is 2.27 bits per heavy atom. The highest BCUT2D eigenvalue weighted by Crippen LogP contribution is 2.22. The summed E-state index contributed by atoms with van der Waals surface area (Å²) in [5.74, 6) is 1.13. The third kappa shape index (κ3) is 4.34. The van der Waals surface area contributed by atoms with Crippen molar-refractivity contribution in [2.75, 3.05) is 14.2 Å². The van der Waals surface area contributed by atoms with Crippen LogP contribution in [0.25, 0.3) is 0 Å². The molecule has 2 aromatic rings. The summed E-state index contributed by atoms with van der Waals surface area (Å²) in [6, 6.07) is 14.3. The molecule has 0 heterocycles. The van der Waals surface area contributed by atoms with Crippen LogP contribution in [0.15, 0.2) is 53.7 Å². The Labute approximate surface area is 129 Å². The van der Waals surface area contributed by atoms with Crippen molar-refractivity contribution in [1.82, 2.24) is 0 Å². The lowest BCUT2D eigenvalue weighted by atomic mass is 10.1. The van der Waals surface area contributed by atoms with Crippen LogP contribution in [0.5, 0.6) is 11.5 Å². The number of benzene rings is 2. The van der Waals surface area contributed by atoms with Gasteiger partial charge in [0.2, 0.25) is 5.78 Å². The molecule has 2 rings (SSSR count). The fourth-order valence-electron chi connectivity index (χ4n) is 1.82. The maximum absolute atomic E-state index is 11.8. The van der Waals surface area contributed by atoms with Crippen molar-refractivity contribution < 1.29 is 19.1 Å². The summed E-state index contributed by atoms with van der Waals surface area (Å²) in [7, 11) is 3.16. The molecule has 0 bridgehead atoms. The minimum atomic E-state index is -0.205. The first kappa shape index (κ1) is 15.6. The second-order valence-corrected chi connectivity index (χ2v) is 4.46. The summed E-state index contributed by atoms with van der Waals surface area (Å²) >= 11 is 0. The lowest BCUT2D eigenvalue weighted by Crippen LogP contribution is -2.00. The van der Waals surface area contributed by atoms with Gasteiger partial charge in [0.1, 0.15) is 24.3 Å². The molecule has 0 fully saturated rings. The second-order valence-electron chi connectivity index (χ2n) is 4.46. The average Bonchev–Trinajstić information content (AvgIpc) is 2.58. The Bertz CT molecular complexity index is 631. The standard InChI is InChI=1S/C17H17NO4/c1-20-15-8-13(9-16(10-15)21-2)12-22-18-11-17(19)14-6-4-3-5-7-14/h3-11H,12H2,1-2H3/b18-11+. The van der Waals surface area contributed by atoms with E-state index in [1.54, 1.807) is 44.6 Å². The Kier molecular flexibility index (Phi) is 5.54. The number of hydrogen-bond donors (Lipinski definition) is 0. The Balaban J connectivity index is 1.93. The first-order valence-electron chi connectivity index (χ1n) is 6.69. The van der Waals surface area contributed by atoms with Gasteiger partial charge in [0, 0.05) is 11.6 Å². The SMILES string of the molecule is COc1cc(CO/N=C/C(=O)c2ccccc2)cc(OC)c1. The number of ketones is 1. The molecule has 0 amide bonds. The van der Waals surface area contributed by atoms with Crippen LogP contribution in [0.4, 0.5) is 0 Å². The number of nitrogens with zero attached hydrogens (tertiary/aromatic N) is 1. The van der Waals surface area contributed by atoms with Crippen molar-refractivity contribution in [3.63, 3.8) is 0 Å². The third-order valence-electron chi connectivity index (χ3n) is 2.95. The van der Waals surface area contributed by atoms with Crippen molar-refractivity contribution in [3.05, 3.63) is 59.7 Å². The molecule has 22 heavy (non-hydrogen) atoms. The van der Waals surface area contributed by atoms with Crippen LogP contribution in [0.2, 0.25) is 0 Å². The molecule has 0 unspecified atom stereocenters. The van der Waals surface area contributed by atoms with E-state index in [4.69, 9.17) is 14.3 Å². The van der Waals surface area contributed by atoms with Crippen molar-refractivity contribution in [2.24, 2.45) is 5.16 Å². The summed E-state index contributed by atoms with van der Waals surface area (Å²) < 4.78 is 10.3. The van der Waals surface area contributed by atoms with E-state index in [-0.39, 0.29) is 12.4 Å². The molecule has 0 saturated carbocycles. The van der Waals surface area contributed by atoms with Gasteiger partial charge in [-0.15, -0.1) is 0 Å². The first-order valence-corrected chi connectivity index (χ1v) is 6.69. The maximum atomic E-state index is 11.8. The fraction of sp³-hybridized carbons (Fsp3) is 0.176. The lowest BCUT2D eigenvalue weighted by molar-refractivity contribution is 0.104. The highest BCUT2D eigenvalue weighted by molar-refractivity contribution is 6.35. The van der Waals surface area contributed by atoms with Gasteiger partial charge < -0.3 is 14.3 Å². The molecule has 0 aliphatic rings. The third-order valence-corrected chi connectivity index (χ3v) is 2.95. The zero-order valence-electron chi connectivity index (χ0n) is 12.5. The van der Waals surface area contributed by atoms with Crippen LogP contribution in [-0.2, 0) is 11.4 Å². The number of rotatable bonds is 7. The molecule has 0 N–H and O–H groups in total. The van der Waals surface area contributed by atoms with Gasteiger partial charge in [-0.2, -0.15) is 0 Å². The van der Waals surface area contributed by atoms with E-state index in [1.165, 1.54) is 0 Å². The fourth-order valence-corrected chi connectivity index (χ4v) is 1.82. The molecule has 0 aromatic heterocycles.